The Morgan fingerprint density at radius 1 is 1.04 bits per heavy atom. The number of allylic oxidation sites excluding steroid dienone is 3. The molecular formula is C25H44O2. The Labute approximate surface area is 168 Å². The highest BCUT2D eigenvalue weighted by Crippen LogP contribution is 2.53. The molecule has 0 bridgehead atoms. The smallest absolute Gasteiger partial charge is 0.0577 e. The highest BCUT2D eigenvalue weighted by Gasteiger charge is 2.40. The van der Waals surface area contributed by atoms with E-state index in [-0.39, 0.29) is 6.10 Å². The van der Waals surface area contributed by atoms with Crippen LogP contribution in [0.3, 0.4) is 0 Å². The van der Waals surface area contributed by atoms with Gasteiger partial charge in [0, 0.05) is 7.11 Å². The van der Waals surface area contributed by atoms with Crippen molar-refractivity contribution in [1.29, 1.82) is 0 Å². The Bertz CT molecular complexity index is 491. The highest BCUT2D eigenvalue weighted by atomic mass is 16.3. The van der Waals surface area contributed by atoms with Gasteiger partial charge in [-0.25, -0.2) is 0 Å². The molecule has 3 atom stereocenters. The van der Waals surface area contributed by atoms with Gasteiger partial charge in [-0.05, 0) is 87.9 Å². The quantitative estimate of drug-likeness (QED) is 0.569. The van der Waals surface area contributed by atoms with Crippen LogP contribution in [0.25, 0.3) is 0 Å². The molecule has 0 aliphatic heterocycles. The fourth-order valence-electron chi connectivity index (χ4n) is 5.73. The van der Waals surface area contributed by atoms with Crippen molar-refractivity contribution in [2.75, 3.05) is 7.11 Å². The molecule has 3 rings (SSSR count). The molecule has 156 valence electrons. The van der Waals surface area contributed by atoms with Crippen molar-refractivity contribution in [3.63, 3.8) is 0 Å². The van der Waals surface area contributed by atoms with Crippen molar-refractivity contribution in [2.24, 2.45) is 17.3 Å². The molecule has 27 heavy (non-hydrogen) atoms. The second-order valence-electron chi connectivity index (χ2n) is 9.86. The predicted octanol–water partition coefficient (Wildman–Crippen LogP) is 6.57. The summed E-state index contributed by atoms with van der Waals surface area (Å²) >= 11 is 0. The van der Waals surface area contributed by atoms with Crippen LogP contribution in [0, 0.1) is 17.3 Å². The minimum Gasteiger partial charge on any atom is -0.400 e. The highest BCUT2D eigenvalue weighted by molar-refractivity contribution is 5.22. The van der Waals surface area contributed by atoms with E-state index in [1.807, 2.05) is 0 Å². The molecule has 3 aliphatic rings. The van der Waals surface area contributed by atoms with Crippen LogP contribution in [-0.2, 0) is 0 Å². The van der Waals surface area contributed by atoms with E-state index in [4.69, 9.17) is 5.11 Å². The van der Waals surface area contributed by atoms with E-state index in [2.05, 4.69) is 26.0 Å². The van der Waals surface area contributed by atoms with Crippen LogP contribution in [0.2, 0.25) is 0 Å². The third-order valence-corrected chi connectivity index (χ3v) is 7.09. The summed E-state index contributed by atoms with van der Waals surface area (Å²) in [6.45, 7) is 4.71. The van der Waals surface area contributed by atoms with Gasteiger partial charge >= 0.3 is 0 Å². The molecule has 2 N–H and O–H groups in total. The Morgan fingerprint density at radius 2 is 1.78 bits per heavy atom. The maximum absolute atomic E-state index is 9.86. The van der Waals surface area contributed by atoms with Gasteiger partial charge in [0.15, 0.2) is 0 Å². The van der Waals surface area contributed by atoms with E-state index >= 15 is 0 Å². The SMILES string of the molecule is CC(C)CCC[C@H]1CC[C@]2(CCC/C(=C/C=C3\CCC[C@H](O)C3)C2)C1.CO. The largest absolute Gasteiger partial charge is 0.400 e. The van der Waals surface area contributed by atoms with E-state index in [0.29, 0.717) is 5.41 Å². The Hall–Kier alpha value is -0.600. The van der Waals surface area contributed by atoms with Crippen LogP contribution in [0.1, 0.15) is 104 Å². The van der Waals surface area contributed by atoms with Crippen molar-refractivity contribution in [1.82, 2.24) is 0 Å². The van der Waals surface area contributed by atoms with Crippen LogP contribution in [0.5, 0.6) is 0 Å². The number of rotatable bonds is 5. The summed E-state index contributed by atoms with van der Waals surface area (Å²) in [7, 11) is 1.00. The molecule has 0 aromatic heterocycles. The van der Waals surface area contributed by atoms with Crippen molar-refractivity contribution >= 4 is 0 Å². The molecule has 3 fully saturated rings. The first kappa shape index (κ1) is 22.7. The number of hydrogen-bond acceptors (Lipinski definition) is 2. The van der Waals surface area contributed by atoms with Crippen LogP contribution in [-0.4, -0.2) is 23.4 Å². The Balaban J connectivity index is 0.00000126. The van der Waals surface area contributed by atoms with E-state index < -0.39 is 0 Å². The lowest BCUT2D eigenvalue weighted by Gasteiger charge is -2.35. The van der Waals surface area contributed by atoms with Crippen molar-refractivity contribution in [3.8, 4) is 0 Å². The molecule has 0 aromatic rings. The zero-order valence-corrected chi connectivity index (χ0v) is 18.2. The first-order chi connectivity index (χ1) is 13.0. The maximum atomic E-state index is 9.86. The van der Waals surface area contributed by atoms with Crippen LogP contribution in [0.15, 0.2) is 23.3 Å². The average Bonchev–Trinajstić information content (AvgIpc) is 3.03. The Morgan fingerprint density at radius 3 is 2.52 bits per heavy atom. The molecule has 0 radical (unpaired) electrons. The standard InChI is InChI=1S/C24H40O.CH4O/c1-19(2)6-3-8-22-13-15-24(18-22)14-5-9-21(17-24)12-11-20-7-4-10-23(25)16-20;1-2/h11-12,19,22-23,25H,3-10,13-18H2,1-2H3;2H,1H3/b20-11+,21-12-;/t22-,23-,24-;/m0./s1. The van der Waals surface area contributed by atoms with Gasteiger partial charge in [-0.2, -0.15) is 0 Å². The molecule has 2 nitrogen and oxygen atoms in total. The predicted molar refractivity (Wildman–Crippen MR) is 116 cm³/mol. The number of hydrogen-bond donors (Lipinski definition) is 2. The second-order valence-corrected chi connectivity index (χ2v) is 9.86. The van der Waals surface area contributed by atoms with Crippen LogP contribution >= 0.6 is 0 Å². The third kappa shape index (κ3) is 7.38. The van der Waals surface area contributed by atoms with Crippen molar-refractivity contribution in [2.45, 2.75) is 110 Å². The van der Waals surface area contributed by atoms with Crippen molar-refractivity contribution in [3.05, 3.63) is 23.3 Å². The topological polar surface area (TPSA) is 40.5 Å². The van der Waals surface area contributed by atoms with Crippen molar-refractivity contribution < 1.29 is 10.2 Å². The fraction of sp³-hybridized carbons (Fsp3) is 0.840. The minimum absolute atomic E-state index is 0.0856. The molecular weight excluding hydrogens is 332 g/mol. The van der Waals surface area contributed by atoms with Gasteiger partial charge in [0.1, 0.15) is 0 Å². The molecule has 1 spiro atoms. The number of aliphatic hydroxyl groups is 2. The molecule has 0 amide bonds. The monoisotopic (exact) mass is 376 g/mol. The lowest BCUT2D eigenvalue weighted by atomic mass is 9.70. The van der Waals surface area contributed by atoms with Gasteiger partial charge in [-0.15, -0.1) is 0 Å². The van der Waals surface area contributed by atoms with E-state index in [1.165, 1.54) is 76.2 Å². The Kier molecular flexibility index (Phi) is 9.59. The zero-order chi connectivity index (χ0) is 19.7. The summed E-state index contributed by atoms with van der Waals surface area (Å²) in [5.41, 5.74) is 3.82. The van der Waals surface area contributed by atoms with Gasteiger partial charge in [0.25, 0.3) is 0 Å². The van der Waals surface area contributed by atoms with Crippen LogP contribution in [0.4, 0.5) is 0 Å². The van der Waals surface area contributed by atoms with Gasteiger partial charge < -0.3 is 10.2 Å². The van der Waals surface area contributed by atoms with Gasteiger partial charge in [-0.1, -0.05) is 56.4 Å². The third-order valence-electron chi connectivity index (χ3n) is 7.09. The summed E-state index contributed by atoms with van der Waals surface area (Å²) in [6.07, 6.45) is 23.3. The summed E-state index contributed by atoms with van der Waals surface area (Å²) < 4.78 is 0. The molecule has 0 unspecified atom stereocenters. The van der Waals surface area contributed by atoms with Crippen LogP contribution < -0.4 is 0 Å². The zero-order valence-electron chi connectivity index (χ0n) is 18.2. The van der Waals surface area contributed by atoms with E-state index in [0.717, 1.165) is 38.2 Å². The molecule has 2 heteroatoms. The molecule has 3 aliphatic carbocycles. The molecule has 0 aromatic carbocycles. The van der Waals surface area contributed by atoms with Gasteiger partial charge in [0.2, 0.25) is 0 Å². The summed E-state index contributed by atoms with van der Waals surface area (Å²) in [5.74, 6) is 1.87. The normalized spacial score (nSPS) is 34.3. The summed E-state index contributed by atoms with van der Waals surface area (Å²) in [5, 5.41) is 16.9. The van der Waals surface area contributed by atoms with Gasteiger partial charge in [0.05, 0.1) is 6.10 Å². The van der Waals surface area contributed by atoms with Gasteiger partial charge in [-0.3, -0.25) is 0 Å². The first-order valence-corrected chi connectivity index (χ1v) is 11.5. The average molecular weight is 377 g/mol. The molecule has 0 heterocycles. The second kappa shape index (κ2) is 11.4. The molecule has 0 saturated heterocycles. The summed E-state index contributed by atoms with van der Waals surface area (Å²) in [6, 6.07) is 0. The van der Waals surface area contributed by atoms with E-state index in [1.54, 1.807) is 5.57 Å². The lowest BCUT2D eigenvalue weighted by Crippen LogP contribution is -2.22. The lowest BCUT2D eigenvalue weighted by molar-refractivity contribution is 0.149. The molecule has 3 saturated carbocycles. The van der Waals surface area contributed by atoms with E-state index in [9.17, 15) is 5.11 Å². The maximum Gasteiger partial charge on any atom is 0.0577 e. The number of aliphatic hydroxyl groups excluding tert-OH is 2. The fourth-order valence-corrected chi connectivity index (χ4v) is 5.73. The minimum atomic E-state index is -0.0856. The first-order valence-electron chi connectivity index (χ1n) is 11.5. The summed E-state index contributed by atoms with van der Waals surface area (Å²) in [4.78, 5) is 0.